The largest absolute Gasteiger partial charge is 0.497 e. The number of methoxy groups -OCH3 is 1. The van der Waals surface area contributed by atoms with Crippen LogP contribution in [-0.4, -0.2) is 70.0 Å². The van der Waals surface area contributed by atoms with Gasteiger partial charge in [-0.15, -0.1) is 0 Å². The molecule has 1 fully saturated rings. The van der Waals surface area contributed by atoms with Gasteiger partial charge in [-0.1, -0.05) is 36.4 Å². The monoisotopic (exact) mass is 430 g/mol. The lowest BCUT2D eigenvalue weighted by atomic mass is 9.99. The zero-order valence-corrected chi connectivity index (χ0v) is 16.5. The summed E-state index contributed by atoms with van der Waals surface area (Å²) >= 11 is 0. The third kappa shape index (κ3) is 5.09. The fourth-order valence-electron chi connectivity index (χ4n) is 3.03. The fourth-order valence-corrected chi connectivity index (χ4v) is 3.03. The van der Waals surface area contributed by atoms with Gasteiger partial charge in [0.05, 0.1) is 12.7 Å². The van der Waals surface area contributed by atoms with Crippen molar-refractivity contribution in [3.05, 3.63) is 65.7 Å². The molecule has 0 radical (unpaired) electrons. The number of ether oxygens (including phenoxy) is 3. The summed E-state index contributed by atoms with van der Waals surface area (Å²) in [6.45, 7) is 0. The quantitative estimate of drug-likeness (QED) is 0.371. The number of aliphatic carboxylic acids is 1. The number of carboxylic acid groups (broad SMARTS) is 1. The Balaban J connectivity index is 1.88. The van der Waals surface area contributed by atoms with Gasteiger partial charge in [-0.3, -0.25) is 4.79 Å². The van der Waals surface area contributed by atoms with E-state index in [0.717, 1.165) is 5.56 Å². The van der Waals surface area contributed by atoms with Gasteiger partial charge < -0.3 is 34.6 Å². The number of aliphatic hydroxyl groups excluding tert-OH is 3. The van der Waals surface area contributed by atoms with Crippen LogP contribution in [0.15, 0.2) is 54.6 Å². The maximum Gasteiger partial charge on any atom is 0.335 e. The molecule has 2 aromatic carbocycles. The highest BCUT2D eigenvalue weighted by atomic mass is 16.7. The Morgan fingerprint density at radius 1 is 1.00 bits per heavy atom. The number of hydrogen-bond acceptors (Lipinski definition) is 8. The highest BCUT2D eigenvalue weighted by Crippen LogP contribution is 2.30. The van der Waals surface area contributed by atoms with E-state index in [1.807, 2.05) is 30.3 Å². The third-order valence-electron chi connectivity index (χ3n) is 4.74. The summed E-state index contributed by atoms with van der Waals surface area (Å²) in [5.41, 5.74) is 0.899. The van der Waals surface area contributed by atoms with Crippen LogP contribution in [0, 0.1) is 0 Å². The van der Waals surface area contributed by atoms with E-state index in [4.69, 9.17) is 14.2 Å². The van der Waals surface area contributed by atoms with E-state index in [1.54, 1.807) is 6.08 Å². The smallest absolute Gasteiger partial charge is 0.335 e. The molecule has 1 saturated heterocycles. The molecule has 3 rings (SSSR count). The summed E-state index contributed by atoms with van der Waals surface area (Å²) in [6, 6.07) is 13.5. The van der Waals surface area contributed by atoms with Gasteiger partial charge in [-0.2, -0.15) is 0 Å². The Bertz CT molecular complexity index is 957. The van der Waals surface area contributed by atoms with Crippen LogP contribution >= 0.6 is 0 Å². The second kappa shape index (κ2) is 9.71. The molecule has 0 saturated carbocycles. The third-order valence-corrected chi connectivity index (χ3v) is 4.74. The lowest BCUT2D eigenvalue weighted by molar-refractivity contribution is -0.271. The number of carboxylic acids is 1. The SMILES string of the molecule is COc1ccc(C(=O)/C=C/c2ccccc2)c(OC2OC(C(=O)O)C(O)C(O)C2O)c1. The van der Waals surface area contributed by atoms with Crippen LogP contribution in [0.4, 0.5) is 0 Å². The molecule has 4 N–H and O–H groups in total. The molecule has 0 spiro atoms. The fraction of sp³-hybridized carbons (Fsp3) is 0.273. The number of carbonyl (C=O) groups excluding carboxylic acids is 1. The summed E-state index contributed by atoms with van der Waals surface area (Å²) < 4.78 is 15.8. The highest BCUT2D eigenvalue weighted by molar-refractivity contribution is 6.08. The lowest BCUT2D eigenvalue weighted by Crippen LogP contribution is -2.61. The average Bonchev–Trinajstić information content (AvgIpc) is 2.78. The lowest BCUT2D eigenvalue weighted by Gasteiger charge is -2.38. The molecule has 9 heteroatoms. The number of ketones is 1. The zero-order chi connectivity index (χ0) is 22.5. The van der Waals surface area contributed by atoms with Gasteiger partial charge in [-0.25, -0.2) is 4.79 Å². The van der Waals surface area contributed by atoms with E-state index in [-0.39, 0.29) is 11.3 Å². The van der Waals surface area contributed by atoms with Crippen LogP contribution in [0.25, 0.3) is 6.08 Å². The summed E-state index contributed by atoms with van der Waals surface area (Å²) in [6.07, 6.45) is -5.99. The summed E-state index contributed by atoms with van der Waals surface area (Å²) in [5.74, 6) is -1.69. The molecule has 9 nitrogen and oxygen atoms in total. The van der Waals surface area contributed by atoms with Crippen molar-refractivity contribution < 1.29 is 44.2 Å². The van der Waals surface area contributed by atoms with Gasteiger partial charge >= 0.3 is 5.97 Å². The van der Waals surface area contributed by atoms with E-state index in [0.29, 0.717) is 5.75 Å². The average molecular weight is 430 g/mol. The summed E-state index contributed by atoms with van der Waals surface area (Å²) in [4.78, 5) is 24.1. The molecule has 5 unspecified atom stereocenters. The Kier molecular flexibility index (Phi) is 7.03. The van der Waals surface area contributed by atoms with Crippen LogP contribution in [0.1, 0.15) is 15.9 Å². The highest BCUT2D eigenvalue weighted by Gasteiger charge is 2.48. The van der Waals surface area contributed by atoms with Crippen molar-refractivity contribution in [2.75, 3.05) is 7.11 Å². The molecule has 5 atom stereocenters. The molecule has 0 aromatic heterocycles. The van der Waals surface area contributed by atoms with Crippen LogP contribution in [-0.2, 0) is 9.53 Å². The Labute approximate surface area is 177 Å². The molecule has 1 aliphatic rings. The van der Waals surface area contributed by atoms with E-state index >= 15 is 0 Å². The first-order chi connectivity index (χ1) is 14.8. The van der Waals surface area contributed by atoms with Crippen molar-refractivity contribution in [2.24, 2.45) is 0 Å². The molecule has 31 heavy (non-hydrogen) atoms. The molecular weight excluding hydrogens is 408 g/mol. The minimum atomic E-state index is -1.85. The number of carbonyl (C=O) groups is 2. The number of allylic oxidation sites excluding steroid dienone is 1. The Morgan fingerprint density at radius 3 is 2.35 bits per heavy atom. The molecule has 164 valence electrons. The van der Waals surface area contributed by atoms with Crippen LogP contribution in [0.5, 0.6) is 11.5 Å². The Hall–Kier alpha value is -3.24. The van der Waals surface area contributed by atoms with Gasteiger partial charge in [0.15, 0.2) is 11.9 Å². The van der Waals surface area contributed by atoms with Crippen molar-refractivity contribution in [3.63, 3.8) is 0 Å². The maximum absolute atomic E-state index is 12.8. The van der Waals surface area contributed by atoms with Gasteiger partial charge in [-0.05, 0) is 23.8 Å². The molecule has 0 amide bonds. The van der Waals surface area contributed by atoms with E-state index in [9.17, 15) is 30.0 Å². The van der Waals surface area contributed by atoms with Crippen molar-refractivity contribution in [1.82, 2.24) is 0 Å². The van der Waals surface area contributed by atoms with Crippen LogP contribution in [0.2, 0.25) is 0 Å². The van der Waals surface area contributed by atoms with Gasteiger partial charge in [0.25, 0.3) is 0 Å². The number of rotatable bonds is 7. The molecule has 0 bridgehead atoms. The maximum atomic E-state index is 12.8. The van der Waals surface area contributed by atoms with Gasteiger partial charge in [0.1, 0.15) is 29.8 Å². The van der Waals surface area contributed by atoms with Crippen molar-refractivity contribution >= 4 is 17.8 Å². The normalized spacial score (nSPS) is 25.9. The number of aliphatic hydroxyl groups is 3. The molecule has 1 heterocycles. The van der Waals surface area contributed by atoms with E-state index in [1.165, 1.54) is 31.4 Å². The topological polar surface area (TPSA) is 143 Å². The van der Waals surface area contributed by atoms with Crippen LogP contribution < -0.4 is 9.47 Å². The van der Waals surface area contributed by atoms with E-state index in [2.05, 4.69) is 0 Å². The zero-order valence-electron chi connectivity index (χ0n) is 16.5. The molecular formula is C22H22O9. The Morgan fingerprint density at radius 2 is 1.71 bits per heavy atom. The van der Waals surface area contributed by atoms with Crippen molar-refractivity contribution in [3.8, 4) is 11.5 Å². The van der Waals surface area contributed by atoms with Crippen LogP contribution in [0.3, 0.4) is 0 Å². The first kappa shape index (κ1) is 22.4. The molecule has 0 aliphatic carbocycles. The number of hydrogen-bond donors (Lipinski definition) is 4. The van der Waals surface area contributed by atoms with Crippen molar-refractivity contribution in [1.29, 1.82) is 0 Å². The minimum absolute atomic E-state index is 0.0566. The van der Waals surface area contributed by atoms with Gasteiger partial charge in [0, 0.05) is 6.07 Å². The first-order valence-electron chi connectivity index (χ1n) is 9.36. The second-order valence-electron chi connectivity index (χ2n) is 6.82. The summed E-state index contributed by atoms with van der Waals surface area (Å²) in [5, 5.41) is 39.2. The minimum Gasteiger partial charge on any atom is -0.497 e. The first-order valence-corrected chi connectivity index (χ1v) is 9.36. The van der Waals surface area contributed by atoms with Gasteiger partial charge in [0.2, 0.25) is 6.29 Å². The standard InChI is InChI=1S/C22H22O9/c1-29-13-8-9-14(15(23)10-7-12-5-3-2-4-6-12)16(11-13)30-22-19(26)17(24)18(25)20(31-22)21(27)28/h2-11,17-20,22,24-26H,1H3,(H,27,28)/b10-7+. The summed E-state index contributed by atoms with van der Waals surface area (Å²) in [7, 11) is 1.41. The van der Waals surface area contributed by atoms with E-state index < -0.39 is 42.5 Å². The molecule has 1 aliphatic heterocycles. The predicted octanol–water partition coefficient (Wildman–Crippen LogP) is 0.862. The molecule has 2 aromatic rings. The second-order valence-corrected chi connectivity index (χ2v) is 6.82. The van der Waals surface area contributed by atoms with Crippen molar-refractivity contribution in [2.45, 2.75) is 30.7 Å². The predicted molar refractivity (Wildman–Crippen MR) is 108 cm³/mol. The number of benzene rings is 2.